The molecule has 1 N–H and O–H groups in total. The van der Waals surface area contributed by atoms with E-state index >= 15 is 0 Å². The van der Waals surface area contributed by atoms with Gasteiger partial charge in [0.2, 0.25) is 0 Å². The SMILES string of the molecule is CCCNC1CCCCCC1Sc1nc(C)c(C)c(C)n1. The van der Waals surface area contributed by atoms with E-state index in [9.17, 15) is 0 Å². The first kappa shape index (κ1) is 16.8. The number of rotatable bonds is 5. The summed E-state index contributed by atoms with van der Waals surface area (Å²) >= 11 is 1.89. The Morgan fingerprint density at radius 2 is 1.71 bits per heavy atom. The minimum atomic E-state index is 0.612. The predicted molar refractivity (Wildman–Crippen MR) is 91.1 cm³/mol. The van der Waals surface area contributed by atoms with Crippen LogP contribution in [-0.4, -0.2) is 27.8 Å². The van der Waals surface area contributed by atoms with Crippen molar-refractivity contribution in [3.63, 3.8) is 0 Å². The summed E-state index contributed by atoms with van der Waals surface area (Å²) in [7, 11) is 0. The van der Waals surface area contributed by atoms with E-state index in [1.54, 1.807) is 0 Å². The molecule has 0 radical (unpaired) electrons. The Labute approximate surface area is 133 Å². The summed E-state index contributed by atoms with van der Waals surface area (Å²) in [6, 6.07) is 0.614. The maximum absolute atomic E-state index is 4.70. The molecule has 118 valence electrons. The van der Waals surface area contributed by atoms with E-state index in [0.29, 0.717) is 11.3 Å². The highest BCUT2D eigenvalue weighted by Crippen LogP contribution is 2.32. The number of hydrogen-bond acceptors (Lipinski definition) is 4. The van der Waals surface area contributed by atoms with E-state index < -0.39 is 0 Å². The molecule has 0 spiro atoms. The Kier molecular flexibility index (Phi) is 6.49. The third-order valence-corrected chi connectivity index (χ3v) is 5.74. The van der Waals surface area contributed by atoms with Crippen LogP contribution in [0.4, 0.5) is 0 Å². The average Bonchev–Trinajstić information content (AvgIpc) is 2.68. The first-order valence-corrected chi connectivity index (χ1v) is 9.21. The van der Waals surface area contributed by atoms with Gasteiger partial charge in [0.05, 0.1) is 0 Å². The highest BCUT2D eigenvalue weighted by molar-refractivity contribution is 7.99. The molecule has 1 aromatic heterocycles. The summed E-state index contributed by atoms with van der Waals surface area (Å²) < 4.78 is 0. The van der Waals surface area contributed by atoms with Gasteiger partial charge in [-0.05, 0) is 52.1 Å². The molecule has 1 heterocycles. The van der Waals surface area contributed by atoms with Gasteiger partial charge in [-0.2, -0.15) is 0 Å². The van der Waals surface area contributed by atoms with Crippen molar-refractivity contribution >= 4 is 11.8 Å². The van der Waals surface area contributed by atoms with Crippen molar-refractivity contribution in [3.05, 3.63) is 17.0 Å². The molecular formula is C17H29N3S. The second kappa shape index (κ2) is 8.14. The van der Waals surface area contributed by atoms with Crippen LogP contribution in [0.2, 0.25) is 0 Å². The Hall–Kier alpha value is -0.610. The van der Waals surface area contributed by atoms with E-state index in [1.165, 1.54) is 44.1 Å². The molecule has 2 rings (SSSR count). The fraction of sp³-hybridized carbons (Fsp3) is 0.765. The number of hydrogen-bond donors (Lipinski definition) is 1. The average molecular weight is 308 g/mol. The molecule has 21 heavy (non-hydrogen) atoms. The van der Waals surface area contributed by atoms with E-state index in [-0.39, 0.29) is 0 Å². The van der Waals surface area contributed by atoms with Crippen molar-refractivity contribution in [2.24, 2.45) is 0 Å². The second-order valence-corrected chi connectivity index (χ2v) is 7.36. The van der Waals surface area contributed by atoms with Gasteiger partial charge in [-0.3, -0.25) is 0 Å². The lowest BCUT2D eigenvalue weighted by Gasteiger charge is -2.25. The maximum Gasteiger partial charge on any atom is 0.188 e. The van der Waals surface area contributed by atoms with Gasteiger partial charge in [0.25, 0.3) is 0 Å². The largest absolute Gasteiger partial charge is 0.313 e. The van der Waals surface area contributed by atoms with Gasteiger partial charge in [-0.1, -0.05) is 37.9 Å². The van der Waals surface area contributed by atoms with Gasteiger partial charge in [0.15, 0.2) is 5.16 Å². The topological polar surface area (TPSA) is 37.8 Å². The minimum absolute atomic E-state index is 0.612. The molecule has 2 atom stereocenters. The summed E-state index contributed by atoms with van der Waals surface area (Å²) in [5, 5.41) is 5.32. The molecule has 0 bridgehead atoms. The second-order valence-electron chi connectivity index (χ2n) is 6.16. The van der Waals surface area contributed by atoms with Crippen LogP contribution in [0, 0.1) is 20.8 Å². The summed E-state index contributed by atoms with van der Waals surface area (Å²) in [6.07, 6.45) is 7.83. The lowest BCUT2D eigenvalue weighted by molar-refractivity contribution is 0.469. The Balaban J connectivity index is 2.10. The van der Waals surface area contributed by atoms with E-state index in [4.69, 9.17) is 9.97 Å². The third kappa shape index (κ3) is 4.68. The molecule has 0 aromatic carbocycles. The number of thioether (sulfide) groups is 1. The zero-order valence-electron chi connectivity index (χ0n) is 13.9. The van der Waals surface area contributed by atoms with Crippen molar-refractivity contribution in [2.45, 2.75) is 82.7 Å². The summed E-state index contributed by atoms with van der Waals surface area (Å²) in [5.41, 5.74) is 3.47. The van der Waals surface area contributed by atoms with Crippen LogP contribution >= 0.6 is 11.8 Å². The highest BCUT2D eigenvalue weighted by Gasteiger charge is 2.25. The van der Waals surface area contributed by atoms with Crippen LogP contribution in [0.3, 0.4) is 0 Å². The zero-order chi connectivity index (χ0) is 15.2. The number of nitrogens with zero attached hydrogens (tertiary/aromatic N) is 2. The van der Waals surface area contributed by atoms with Crippen LogP contribution < -0.4 is 5.32 Å². The standard InChI is InChI=1S/C17H29N3S/c1-5-11-18-15-9-7-6-8-10-16(15)21-17-19-13(3)12(2)14(4)20-17/h15-16,18H,5-11H2,1-4H3. The van der Waals surface area contributed by atoms with Gasteiger partial charge >= 0.3 is 0 Å². The highest BCUT2D eigenvalue weighted by atomic mass is 32.2. The number of aromatic nitrogens is 2. The molecule has 0 aliphatic heterocycles. The maximum atomic E-state index is 4.70. The quantitative estimate of drug-likeness (QED) is 0.653. The molecule has 1 fully saturated rings. The van der Waals surface area contributed by atoms with Gasteiger partial charge in [-0.15, -0.1) is 0 Å². The molecule has 1 aliphatic rings. The Morgan fingerprint density at radius 3 is 2.38 bits per heavy atom. The fourth-order valence-corrected chi connectivity index (χ4v) is 4.24. The molecule has 2 unspecified atom stereocenters. The molecule has 0 saturated heterocycles. The molecule has 1 aromatic rings. The molecule has 0 amide bonds. The first-order valence-electron chi connectivity index (χ1n) is 8.33. The lowest BCUT2D eigenvalue weighted by Crippen LogP contribution is -2.38. The number of aryl methyl sites for hydroxylation is 2. The summed E-state index contributed by atoms with van der Waals surface area (Å²) in [5.74, 6) is 0. The van der Waals surface area contributed by atoms with Crippen molar-refractivity contribution < 1.29 is 0 Å². The molecule has 3 nitrogen and oxygen atoms in total. The van der Waals surface area contributed by atoms with Crippen molar-refractivity contribution in [1.29, 1.82) is 0 Å². The van der Waals surface area contributed by atoms with E-state index in [1.807, 2.05) is 11.8 Å². The molecule has 1 aliphatic carbocycles. The minimum Gasteiger partial charge on any atom is -0.313 e. The molecule has 1 saturated carbocycles. The lowest BCUT2D eigenvalue weighted by atomic mass is 10.1. The summed E-state index contributed by atoms with van der Waals surface area (Å²) in [4.78, 5) is 9.39. The van der Waals surface area contributed by atoms with Gasteiger partial charge < -0.3 is 5.32 Å². The van der Waals surface area contributed by atoms with Crippen LogP contribution in [0.15, 0.2) is 5.16 Å². The Morgan fingerprint density at radius 1 is 1.05 bits per heavy atom. The summed E-state index contributed by atoms with van der Waals surface area (Å²) in [6.45, 7) is 9.65. The van der Waals surface area contributed by atoms with E-state index in [2.05, 4.69) is 33.0 Å². The molecule has 4 heteroatoms. The fourth-order valence-electron chi connectivity index (χ4n) is 2.91. The Bertz CT molecular complexity index is 438. The van der Waals surface area contributed by atoms with Gasteiger partial charge in [-0.25, -0.2) is 9.97 Å². The number of nitrogens with one attached hydrogen (secondary N) is 1. The van der Waals surface area contributed by atoms with Crippen molar-refractivity contribution in [3.8, 4) is 0 Å². The van der Waals surface area contributed by atoms with Gasteiger partial charge in [0, 0.05) is 22.7 Å². The van der Waals surface area contributed by atoms with Gasteiger partial charge in [0.1, 0.15) is 0 Å². The molecular weight excluding hydrogens is 278 g/mol. The van der Waals surface area contributed by atoms with Crippen LogP contribution in [-0.2, 0) is 0 Å². The van der Waals surface area contributed by atoms with Crippen LogP contribution in [0.5, 0.6) is 0 Å². The van der Waals surface area contributed by atoms with Crippen molar-refractivity contribution in [2.75, 3.05) is 6.54 Å². The monoisotopic (exact) mass is 307 g/mol. The predicted octanol–water partition coefficient (Wildman–Crippen LogP) is 4.19. The van der Waals surface area contributed by atoms with Crippen molar-refractivity contribution in [1.82, 2.24) is 15.3 Å². The first-order chi connectivity index (χ1) is 10.1. The zero-order valence-corrected chi connectivity index (χ0v) is 14.7. The van der Waals surface area contributed by atoms with Crippen LogP contribution in [0.1, 0.15) is 62.4 Å². The normalized spacial score (nSPS) is 23.0. The van der Waals surface area contributed by atoms with Crippen LogP contribution in [0.25, 0.3) is 0 Å². The third-order valence-electron chi connectivity index (χ3n) is 4.48. The smallest absolute Gasteiger partial charge is 0.188 e. The van der Waals surface area contributed by atoms with E-state index in [0.717, 1.165) is 23.1 Å².